The molecule has 4 rings (SSSR count). The molecule has 1 aliphatic heterocycles. The minimum absolute atomic E-state index is 0.106. The number of anilines is 1. The van der Waals surface area contributed by atoms with Crippen LogP contribution in [0.1, 0.15) is 11.3 Å². The third kappa shape index (κ3) is 4.61. The maximum absolute atomic E-state index is 14.1. The van der Waals surface area contributed by atoms with E-state index in [9.17, 15) is 30.4 Å². The lowest BCUT2D eigenvalue weighted by molar-refractivity contribution is 0.344. The first-order valence-electron chi connectivity index (χ1n) is 9.65. The number of hydrogen-bond acceptors (Lipinski definition) is 5. The van der Waals surface area contributed by atoms with Crippen LogP contribution >= 0.6 is 34.5 Å². The lowest BCUT2D eigenvalue weighted by atomic mass is 10.1. The summed E-state index contributed by atoms with van der Waals surface area (Å²) in [5.41, 5.74) is 1.64. The number of rotatable bonds is 5. The molecule has 1 saturated heterocycles. The van der Waals surface area contributed by atoms with E-state index in [-0.39, 0.29) is 26.2 Å². The number of benzene rings is 2. The van der Waals surface area contributed by atoms with Gasteiger partial charge in [0.15, 0.2) is 33.3 Å². The Morgan fingerprint density at radius 1 is 0.882 bits per heavy atom. The molecular weight excluding hydrogens is 544 g/mol. The van der Waals surface area contributed by atoms with Crippen LogP contribution in [0.15, 0.2) is 28.5 Å². The number of sulfonamides is 1. The average Bonchev–Trinajstić information content (AvgIpc) is 3.27. The summed E-state index contributed by atoms with van der Waals surface area (Å²) in [4.78, 5) is 4.45. The molecule has 1 fully saturated rings. The smallest absolute Gasteiger partial charge is 0.249 e. The Morgan fingerprint density at radius 3 is 2.06 bits per heavy atom. The highest BCUT2D eigenvalue weighted by Crippen LogP contribution is 2.31. The standard InChI is InChI=1S/C20H14Cl2F5N3O2S2/c21-12-2-1-10(8-13(12)22)7-11-9-33-20(28-11)29-3-5-30(6-4-29)34(31,32)19-17(26)15(24)14(23)16(25)18(19)27/h1-2,8-9H,3-7H2. The van der Waals surface area contributed by atoms with Gasteiger partial charge in [-0.1, -0.05) is 29.3 Å². The van der Waals surface area contributed by atoms with E-state index >= 15 is 0 Å². The largest absolute Gasteiger partial charge is 0.345 e. The van der Waals surface area contributed by atoms with Crippen molar-refractivity contribution >= 4 is 49.7 Å². The summed E-state index contributed by atoms with van der Waals surface area (Å²) in [5.74, 6) is -11.8. The summed E-state index contributed by atoms with van der Waals surface area (Å²) in [6, 6.07) is 5.22. The van der Waals surface area contributed by atoms with Gasteiger partial charge in [-0.05, 0) is 17.7 Å². The molecule has 0 aliphatic carbocycles. The van der Waals surface area contributed by atoms with Crippen LogP contribution in [-0.2, 0) is 16.4 Å². The van der Waals surface area contributed by atoms with E-state index in [1.165, 1.54) is 11.3 Å². The SMILES string of the molecule is O=S(=O)(c1c(F)c(F)c(F)c(F)c1F)N1CCN(c2nc(Cc3ccc(Cl)c(Cl)c3)cs2)CC1. The van der Waals surface area contributed by atoms with Gasteiger partial charge in [-0.25, -0.2) is 35.4 Å². The maximum atomic E-state index is 14.1. The van der Waals surface area contributed by atoms with E-state index in [1.54, 1.807) is 17.0 Å². The van der Waals surface area contributed by atoms with Gasteiger partial charge in [-0.2, -0.15) is 4.31 Å². The van der Waals surface area contributed by atoms with Gasteiger partial charge in [0, 0.05) is 38.0 Å². The van der Waals surface area contributed by atoms with E-state index in [4.69, 9.17) is 23.2 Å². The van der Waals surface area contributed by atoms with Crippen LogP contribution in [0, 0.1) is 29.1 Å². The summed E-state index contributed by atoms with van der Waals surface area (Å²) in [7, 11) is -4.96. The molecule has 5 nitrogen and oxygen atoms in total. The van der Waals surface area contributed by atoms with E-state index in [0.717, 1.165) is 11.3 Å². The fourth-order valence-corrected chi connectivity index (χ4v) is 6.18. The van der Waals surface area contributed by atoms with E-state index < -0.39 is 44.0 Å². The fraction of sp³-hybridized carbons (Fsp3) is 0.250. The highest BCUT2D eigenvalue weighted by atomic mass is 35.5. The van der Waals surface area contributed by atoms with Crippen LogP contribution in [0.25, 0.3) is 0 Å². The number of halogens is 7. The number of thiazole rings is 1. The topological polar surface area (TPSA) is 53.5 Å². The van der Waals surface area contributed by atoms with Crippen LogP contribution in [0.3, 0.4) is 0 Å². The second-order valence-electron chi connectivity index (χ2n) is 7.34. The molecule has 34 heavy (non-hydrogen) atoms. The molecule has 2 heterocycles. The first-order chi connectivity index (χ1) is 16.0. The molecule has 2 aromatic carbocycles. The Kier molecular flexibility index (Phi) is 7.07. The minimum atomic E-state index is -4.96. The fourth-order valence-electron chi connectivity index (χ4n) is 3.44. The van der Waals surface area contributed by atoms with Crippen molar-refractivity contribution in [3.05, 3.63) is 74.0 Å². The molecular formula is C20H14Cl2F5N3O2S2. The van der Waals surface area contributed by atoms with Gasteiger partial charge in [-0.3, -0.25) is 0 Å². The Balaban J connectivity index is 1.47. The number of hydrogen-bond donors (Lipinski definition) is 0. The zero-order valence-corrected chi connectivity index (χ0v) is 20.1. The molecule has 0 bridgehead atoms. The first kappa shape index (κ1) is 25.1. The maximum Gasteiger partial charge on any atom is 0.249 e. The van der Waals surface area contributed by atoms with Gasteiger partial charge in [0.25, 0.3) is 0 Å². The summed E-state index contributed by atoms with van der Waals surface area (Å²) in [6.07, 6.45) is 0.488. The van der Waals surface area contributed by atoms with Crippen molar-refractivity contribution in [1.29, 1.82) is 0 Å². The van der Waals surface area contributed by atoms with Crippen molar-refractivity contribution in [1.82, 2.24) is 9.29 Å². The zero-order chi connectivity index (χ0) is 24.8. The molecule has 0 saturated carbocycles. The molecule has 0 spiro atoms. The first-order valence-corrected chi connectivity index (χ1v) is 12.7. The average molecular weight is 558 g/mol. The van der Waals surface area contributed by atoms with Crippen molar-refractivity contribution in [2.75, 3.05) is 31.1 Å². The third-order valence-corrected chi connectivity index (χ3v) is 8.79. The lowest BCUT2D eigenvalue weighted by Crippen LogP contribution is -2.49. The molecule has 0 N–H and O–H groups in total. The van der Waals surface area contributed by atoms with Gasteiger partial charge >= 0.3 is 0 Å². The van der Waals surface area contributed by atoms with E-state index in [0.29, 0.717) is 25.9 Å². The Hall–Kier alpha value is -1.99. The van der Waals surface area contributed by atoms with Gasteiger partial charge in [0.2, 0.25) is 15.8 Å². The molecule has 3 aromatic rings. The molecule has 0 unspecified atom stereocenters. The monoisotopic (exact) mass is 557 g/mol. The molecule has 14 heteroatoms. The van der Waals surface area contributed by atoms with Crippen molar-refractivity contribution in [3.63, 3.8) is 0 Å². The predicted molar refractivity (Wildman–Crippen MR) is 119 cm³/mol. The van der Waals surface area contributed by atoms with Crippen molar-refractivity contribution in [2.45, 2.75) is 11.3 Å². The van der Waals surface area contributed by atoms with Crippen molar-refractivity contribution < 1.29 is 30.4 Å². The van der Waals surface area contributed by atoms with E-state index in [2.05, 4.69) is 4.98 Å². The van der Waals surface area contributed by atoms with Crippen molar-refractivity contribution in [2.24, 2.45) is 0 Å². The van der Waals surface area contributed by atoms with Crippen LogP contribution in [0.2, 0.25) is 10.0 Å². The molecule has 1 aromatic heterocycles. The van der Waals surface area contributed by atoms with Gasteiger partial charge in [0.05, 0.1) is 15.7 Å². The normalized spacial score (nSPS) is 15.2. The number of aromatic nitrogens is 1. The molecule has 0 radical (unpaired) electrons. The quantitative estimate of drug-likeness (QED) is 0.244. The molecule has 1 aliphatic rings. The third-order valence-electron chi connectivity index (χ3n) is 5.19. The summed E-state index contributed by atoms with van der Waals surface area (Å²) >= 11 is 13.3. The molecule has 182 valence electrons. The number of piperazine rings is 1. The second-order valence-corrected chi connectivity index (χ2v) is 10.9. The Morgan fingerprint density at radius 2 is 1.47 bits per heavy atom. The number of nitrogens with zero attached hydrogens (tertiary/aromatic N) is 3. The minimum Gasteiger partial charge on any atom is -0.345 e. The molecule has 0 atom stereocenters. The second kappa shape index (κ2) is 9.57. The zero-order valence-electron chi connectivity index (χ0n) is 17.0. The van der Waals surface area contributed by atoms with Crippen LogP contribution < -0.4 is 4.90 Å². The van der Waals surface area contributed by atoms with E-state index in [1.807, 2.05) is 11.4 Å². The van der Waals surface area contributed by atoms with Crippen molar-refractivity contribution in [3.8, 4) is 0 Å². The molecule has 0 amide bonds. The Bertz CT molecular complexity index is 1330. The van der Waals surface area contributed by atoms with Crippen LogP contribution in [-0.4, -0.2) is 43.9 Å². The Labute approximate surface area is 205 Å². The summed E-state index contributed by atoms with van der Waals surface area (Å²) in [5, 5.41) is 3.28. The van der Waals surface area contributed by atoms with Crippen LogP contribution in [0.5, 0.6) is 0 Å². The highest BCUT2D eigenvalue weighted by Gasteiger charge is 2.38. The van der Waals surface area contributed by atoms with Gasteiger partial charge < -0.3 is 4.90 Å². The van der Waals surface area contributed by atoms with Crippen LogP contribution in [0.4, 0.5) is 27.1 Å². The highest BCUT2D eigenvalue weighted by molar-refractivity contribution is 7.89. The lowest BCUT2D eigenvalue weighted by Gasteiger charge is -2.33. The summed E-state index contributed by atoms with van der Waals surface area (Å²) in [6.45, 7) is -0.254. The van der Waals surface area contributed by atoms with Gasteiger partial charge in [0.1, 0.15) is 0 Å². The summed E-state index contributed by atoms with van der Waals surface area (Å²) < 4.78 is 94.5. The van der Waals surface area contributed by atoms with Gasteiger partial charge in [-0.15, -0.1) is 11.3 Å². The predicted octanol–water partition coefficient (Wildman–Crippen LogP) is 5.25.